The van der Waals surface area contributed by atoms with Crippen LogP contribution < -0.4 is 11.5 Å². The van der Waals surface area contributed by atoms with Crippen molar-refractivity contribution >= 4 is 11.4 Å². The molecule has 0 heterocycles. The zero-order chi connectivity index (χ0) is 10.6. The van der Waals surface area contributed by atoms with Crippen LogP contribution in [0.2, 0.25) is 0 Å². The number of unbranched alkanes of at least 4 members (excludes halogenated alkanes) is 2. The van der Waals surface area contributed by atoms with Gasteiger partial charge in [-0.05, 0) is 37.0 Å². The first-order valence-corrected chi connectivity index (χ1v) is 5.30. The molecule has 0 aliphatic carbocycles. The van der Waals surface area contributed by atoms with Crippen molar-refractivity contribution in [2.45, 2.75) is 39.5 Å². The first-order chi connectivity index (χ1) is 6.66. The topological polar surface area (TPSA) is 52.0 Å². The van der Waals surface area contributed by atoms with E-state index in [0.717, 1.165) is 28.9 Å². The molecule has 14 heavy (non-hydrogen) atoms. The lowest BCUT2D eigenvalue weighted by Gasteiger charge is -2.11. The molecule has 0 fully saturated rings. The molecule has 2 heteroatoms. The van der Waals surface area contributed by atoms with Crippen LogP contribution in [-0.2, 0) is 6.42 Å². The third kappa shape index (κ3) is 2.41. The Morgan fingerprint density at radius 2 is 1.86 bits per heavy atom. The maximum Gasteiger partial charge on any atom is 0.0397 e. The van der Waals surface area contributed by atoms with Gasteiger partial charge in [-0.1, -0.05) is 25.8 Å². The number of benzene rings is 1. The third-order valence-corrected chi connectivity index (χ3v) is 2.64. The molecular weight excluding hydrogens is 172 g/mol. The van der Waals surface area contributed by atoms with Crippen LogP contribution in [0.5, 0.6) is 0 Å². The first-order valence-electron chi connectivity index (χ1n) is 5.30. The molecule has 0 bridgehead atoms. The van der Waals surface area contributed by atoms with Crippen molar-refractivity contribution < 1.29 is 0 Å². The predicted octanol–water partition coefficient (Wildman–Crippen LogP) is 2.89. The number of aryl methyl sites for hydroxylation is 1. The maximum absolute atomic E-state index is 5.99. The normalized spacial score (nSPS) is 10.4. The van der Waals surface area contributed by atoms with Gasteiger partial charge in [0.25, 0.3) is 0 Å². The fraction of sp³-hybridized carbons (Fsp3) is 0.500. The summed E-state index contributed by atoms with van der Waals surface area (Å²) in [6, 6.07) is 3.93. The molecule has 4 N–H and O–H groups in total. The van der Waals surface area contributed by atoms with Crippen LogP contribution in [0.25, 0.3) is 0 Å². The van der Waals surface area contributed by atoms with E-state index >= 15 is 0 Å². The van der Waals surface area contributed by atoms with Crippen molar-refractivity contribution in [3.05, 3.63) is 23.3 Å². The fourth-order valence-corrected chi connectivity index (χ4v) is 1.63. The number of nitrogen functional groups attached to an aromatic ring is 2. The van der Waals surface area contributed by atoms with Crippen molar-refractivity contribution in [1.82, 2.24) is 0 Å². The second kappa shape index (κ2) is 4.89. The minimum Gasteiger partial charge on any atom is -0.398 e. The van der Waals surface area contributed by atoms with Crippen LogP contribution >= 0.6 is 0 Å². The van der Waals surface area contributed by atoms with Crippen LogP contribution in [0.3, 0.4) is 0 Å². The van der Waals surface area contributed by atoms with Crippen LogP contribution in [0.1, 0.15) is 37.3 Å². The molecule has 0 spiro atoms. The molecule has 0 aromatic heterocycles. The lowest BCUT2D eigenvalue weighted by Crippen LogP contribution is -2.02. The lowest BCUT2D eigenvalue weighted by atomic mass is 10.0. The zero-order valence-corrected chi connectivity index (χ0v) is 9.14. The third-order valence-electron chi connectivity index (χ3n) is 2.64. The van der Waals surface area contributed by atoms with Crippen molar-refractivity contribution in [1.29, 1.82) is 0 Å². The molecule has 0 amide bonds. The van der Waals surface area contributed by atoms with E-state index in [-0.39, 0.29) is 0 Å². The fourth-order valence-electron chi connectivity index (χ4n) is 1.63. The molecule has 1 aromatic rings. The number of hydrogen-bond donors (Lipinski definition) is 2. The molecule has 1 aromatic carbocycles. The monoisotopic (exact) mass is 192 g/mol. The van der Waals surface area contributed by atoms with Crippen molar-refractivity contribution in [3.63, 3.8) is 0 Å². The molecular formula is C12H20N2. The summed E-state index contributed by atoms with van der Waals surface area (Å²) in [4.78, 5) is 0. The number of nitrogens with two attached hydrogens (primary N) is 2. The van der Waals surface area contributed by atoms with Gasteiger partial charge in [0, 0.05) is 11.4 Å². The first kappa shape index (κ1) is 10.9. The van der Waals surface area contributed by atoms with Crippen LogP contribution in [0.15, 0.2) is 12.1 Å². The van der Waals surface area contributed by atoms with E-state index in [1.165, 1.54) is 19.3 Å². The molecule has 78 valence electrons. The van der Waals surface area contributed by atoms with Gasteiger partial charge in [-0.2, -0.15) is 0 Å². The smallest absolute Gasteiger partial charge is 0.0397 e. The molecule has 0 radical (unpaired) electrons. The summed E-state index contributed by atoms with van der Waals surface area (Å²) in [6.45, 7) is 4.22. The van der Waals surface area contributed by atoms with Gasteiger partial charge in [0.2, 0.25) is 0 Å². The van der Waals surface area contributed by atoms with Gasteiger partial charge in [-0.15, -0.1) is 0 Å². The summed E-state index contributed by atoms with van der Waals surface area (Å²) in [5, 5.41) is 0. The summed E-state index contributed by atoms with van der Waals surface area (Å²) in [5.74, 6) is 0. The van der Waals surface area contributed by atoms with E-state index in [4.69, 9.17) is 11.5 Å². The second-order valence-electron chi connectivity index (χ2n) is 3.82. The van der Waals surface area contributed by atoms with E-state index in [2.05, 4.69) is 6.92 Å². The molecule has 0 aliphatic heterocycles. The Morgan fingerprint density at radius 1 is 1.14 bits per heavy atom. The van der Waals surface area contributed by atoms with E-state index in [1.54, 1.807) is 0 Å². The Morgan fingerprint density at radius 3 is 2.50 bits per heavy atom. The molecule has 0 atom stereocenters. The molecule has 0 saturated carbocycles. The molecule has 0 aliphatic rings. The highest BCUT2D eigenvalue weighted by atomic mass is 14.6. The summed E-state index contributed by atoms with van der Waals surface area (Å²) in [6.07, 6.45) is 4.65. The van der Waals surface area contributed by atoms with Gasteiger partial charge >= 0.3 is 0 Å². The molecule has 1 rings (SSSR count). The Bertz CT molecular complexity index is 305. The Kier molecular flexibility index (Phi) is 3.81. The lowest BCUT2D eigenvalue weighted by molar-refractivity contribution is 0.719. The maximum atomic E-state index is 5.99. The Labute approximate surface area is 86.3 Å². The molecule has 0 saturated heterocycles. The van der Waals surface area contributed by atoms with Gasteiger partial charge in [0.15, 0.2) is 0 Å². The van der Waals surface area contributed by atoms with Gasteiger partial charge in [-0.25, -0.2) is 0 Å². The van der Waals surface area contributed by atoms with Gasteiger partial charge in [0.1, 0.15) is 0 Å². The van der Waals surface area contributed by atoms with Crippen molar-refractivity contribution in [2.24, 2.45) is 0 Å². The van der Waals surface area contributed by atoms with E-state index in [0.29, 0.717) is 0 Å². The summed E-state index contributed by atoms with van der Waals surface area (Å²) in [5.41, 5.74) is 15.9. The standard InChI is InChI=1S/C12H20N2/c1-3-4-5-6-10-11(13)8-7-9(2)12(10)14/h7-8H,3-6,13-14H2,1-2H3. The van der Waals surface area contributed by atoms with Gasteiger partial charge in [-0.3, -0.25) is 0 Å². The summed E-state index contributed by atoms with van der Waals surface area (Å²) >= 11 is 0. The average molecular weight is 192 g/mol. The average Bonchev–Trinajstić information content (AvgIpc) is 2.18. The van der Waals surface area contributed by atoms with Crippen LogP contribution in [0, 0.1) is 6.92 Å². The zero-order valence-electron chi connectivity index (χ0n) is 9.14. The quantitative estimate of drug-likeness (QED) is 0.569. The van der Waals surface area contributed by atoms with E-state index in [1.807, 2.05) is 19.1 Å². The Balaban J connectivity index is 2.79. The van der Waals surface area contributed by atoms with Crippen LogP contribution in [-0.4, -0.2) is 0 Å². The minimum atomic E-state index is 0.837. The highest BCUT2D eigenvalue weighted by molar-refractivity contribution is 5.65. The molecule has 0 unspecified atom stereocenters. The van der Waals surface area contributed by atoms with E-state index in [9.17, 15) is 0 Å². The Hall–Kier alpha value is -1.18. The van der Waals surface area contributed by atoms with Crippen LogP contribution in [0.4, 0.5) is 11.4 Å². The number of anilines is 2. The predicted molar refractivity (Wildman–Crippen MR) is 63.2 cm³/mol. The number of hydrogen-bond acceptors (Lipinski definition) is 2. The highest BCUT2D eigenvalue weighted by Gasteiger charge is 2.05. The largest absolute Gasteiger partial charge is 0.398 e. The van der Waals surface area contributed by atoms with E-state index < -0.39 is 0 Å². The summed E-state index contributed by atoms with van der Waals surface area (Å²) < 4.78 is 0. The highest BCUT2D eigenvalue weighted by Crippen LogP contribution is 2.25. The second-order valence-corrected chi connectivity index (χ2v) is 3.82. The van der Waals surface area contributed by atoms with Gasteiger partial charge in [0.05, 0.1) is 0 Å². The minimum absolute atomic E-state index is 0.837. The molecule has 2 nitrogen and oxygen atoms in total. The number of rotatable bonds is 4. The van der Waals surface area contributed by atoms with Crippen molar-refractivity contribution in [2.75, 3.05) is 11.5 Å². The SMILES string of the molecule is CCCCCc1c(N)ccc(C)c1N. The van der Waals surface area contributed by atoms with Crippen molar-refractivity contribution in [3.8, 4) is 0 Å². The van der Waals surface area contributed by atoms with Gasteiger partial charge < -0.3 is 11.5 Å². The summed E-state index contributed by atoms with van der Waals surface area (Å²) in [7, 11) is 0.